The molecule has 0 atom stereocenters. The maximum Gasteiger partial charge on any atom is 0.268 e. The van der Waals surface area contributed by atoms with E-state index in [9.17, 15) is 14.7 Å². The minimum atomic E-state index is -0.206. The first-order valence-electron chi connectivity index (χ1n) is 9.66. The van der Waals surface area contributed by atoms with Gasteiger partial charge in [0.25, 0.3) is 11.8 Å². The van der Waals surface area contributed by atoms with Gasteiger partial charge in [-0.15, -0.1) is 11.8 Å². The summed E-state index contributed by atoms with van der Waals surface area (Å²) in [4.78, 5) is 28.2. The zero-order valence-corrected chi connectivity index (χ0v) is 16.8. The number of hydrogen-bond acceptors (Lipinski definition) is 5. The molecule has 1 heterocycles. The largest absolute Gasteiger partial charge is 0.491 e. The fraction of sp³-hybridized carbons (Fsp3) is 0.524. The second kappa shape index (κ2) is 8.93. The highest BCUT2D eigenvalue weighted by atomic mass is 32.2. The molecule has 0 bridgehead atoms. The lowest BCUT2D eigenvalue weighted by atomic mass is 9.94. The summed E-state index contributed by atoms with van der Waals surface area (Å²) in [6.07, 6.45) is 5.10. The van der Waals surface area contributed by atoms with E-state index in [1.807, 2.05) is 38.1 Å². The van der Waals surface area contributed by atoms with Crippen LogP contribution in [0.25, 0.3) is 5.57 Å². The van der Waals surface area contributed by atoms with Crippen molar-refractivity contribution in [1.82, 2.24) is 4.90 Å². The second-order valence-electron chi connectivity index (χ2n) is 7.24. The Morgan fingerprint density at radius 1 is 1.11 bits per heavy atom. The third-order valence-electron chi connectivity index (χ3n) is 4.87. The Bertz CT molecular complexity index is 720. The third kappa shape index (κ3) is 4.38. The number of hydrogen-bond donors (Lipinski definition) is 1. The van der Waals surface area contributed by atoms with Gasteiger partial charge in [0, 0.05) is 11.8 Å². The molecule has 27 heavy (non-hydrogen) atoms. The molecule has 0 saturated heterocycles. The summed E-state index contributed by atoms with van der Waals surface area (Å²) in [6, 6.07) is 7.32. The van der Waals surface area contributed by atoms with E-state index in [0.717, 1.165) is 43.4 Å². The highest BCUT2D eigenvalue weighted by Crippen LogP contribution is 2.39. The van der Waals surface area contributed by atoms with Crippen LogP contribution in [0.2, 0.25) is 0 Å². The highest BCUT2D eigenvalue weighted by molar-refractivity contribution is 8.04. The van der Waals surface area contributed by atoms with Crippen molar-refractivity contribution in [3.05, 3.63) is 34.7 Å². The average Bonchev–Trinajstić information content (AvgIpc) is 2.91. The molecule has 2 amide bonds. The van der Waals surface area contributed by atoms with Gasteiger partial charge >= 0.3 is 0 Å². The number of amides is 2. The molecule has 1 fully saturated rings. The van der Waals surface area contributed by atoms with Crippen molar-refractivity contribution in [3.63, 3.8) is 0 Å². The first kappa shape index (κ1) is 20.0. The van der Waals surface area contributed by atoms with E-state index >= 15 is 0 Å². The van der Waals surface area contributed by atoms with Crippen molar-refractivity contribution in [2.24, 2.45) is 0 Å². The Balaban J connectivity index is 1.91. The standard InChI is InChI=1S/C21H27NO4S/c1-14(2)26-17-10-8-15(9-11-17)18-19(27-13-12-23)21(25)22(20(18)24)16-6-4-3-5-7-16/h8-11,14,16,23H,3-7,12-13H2,1-2H3. The Labute approximate surface area is 164 Å². The first-order valence-corrected chi connectivity index (χ1v) is 10.6. The lowest BCUT2D eigenvalue weighted by molar-refractivity contribution is -0.139. The Morgan fingerprint density at radius 3 is 2.37 bits per heavy atom. The second-order valence-corrected chi connectivity index (χ2v) is 8.34. The van der Waals surface area contributed by atoms with Gasteiger partial charge in [-0.2, -0.15) is 0 Å². The van der Waals surface area contributed by atoms with Gasteiger partial charge in [-0.05, 0) is 44.4 Å². The van der Waals surface area contributed by atoms with Gasteiger partial charge in [-0.3, -0.25) is 14.5 Å². The molecule has 1 N–H and O–H groups in total. The van der Waals surface area contributed by atoms with Crippen molar-refractivity contribution in [2.75, 3.05) is 12.4 Å². The lowest BCUT2D eigenvalue weighted by Crippen LogP contribution is -2.42. The number of imide groups is 1. The van der Waals surface area contributed by atoms with Gasteiger partial charge in [-0.25, -0.2) is 0 Å². The van der Waals surface area contributed by atoms with Crippen LogP contribution in [-0.4, -0.2) is 46.3 Å². The van der Waals surface area contributed by atoms with Crippen LogP contribution in [0.15, 0.2) is 29.2 Å². The van der Waals surface area contributed by atoms with Crippen LogP contribution in [0.3, 0.4) is 0 Å². The average molecular weight is 390 g/mol. The fourth-order valence-electron chi connectivity index (χ4n) is 3.71. The summed E-state index contributed by atoms with van der Waals surface area (Å²) in [5, 5.41) is 9.20. The monoisotopic (exact) mass is 389 g/mol. The number of aliphatic hydroxyl groups excluding tert-OH is 1. The van der Waals surface area contributed by atoms with Crippen LogP contribution in [0.5, 0.6) is 5.75 Å². The molecule has 1 aromatic rings. The minimum Gasteiger partial charge on any atom is -0.491 e. The molecule has 0 spiro atoms. The Morgan fingerprint density at radius 2 is 1.78 bits per heavy atom. The third-order valence-corrected chi connectivity index (χ3v) is 5.92. The van der Waals surface area contributed by atoms with Crippen LogP contribution in [0, 0.1) is 0 Å². The maximum atomic E-state index is 13.2. The van der Waals surface area contributed by atoms with Gasteiger partial charge in [0.2, 0.25) is 0 Å². The number of thioether (sulfide) groups is 1. The number of ether oxygens (including phenoxy) is 1. The minimum absolute atomic E-state index is 0.00970. The molecule has 146 valence electrons. The Hall–Kier alpha value is -1.79. The van der Waals surface area contributed by atoms with Crippen LogP contribution in [0.4, 0.5) is 0 Å². The van der Waals surface area contributed by atoms with Crippen molar-refractivity contribution < 1.29 is 19.4 Å². The number of rotatable bonds is 7. The van der Waals surface area contributed by atoms with Gasteiger partial charge in [0.15, 0.2) is 0 Å². The topological polar surface area (TPSA) is 66.8 Å². The zero-order chi connectivity index (χ0) is 19.4. The summed E-state index contributed by atoms with van der Waals surface area (Å²) in [7, 11) is 0. The SMILES string of the molecule is CC(C)Oc1ccc(C2=C(SCCO)C(=O)N(C3CCCCC3)C2=O)cc1. The highest BCUT2D eigenvalue weighted by Gasteiger charge is 2.42. The molecule has 0 radical (unpaired) electrons. The Kier molecular flexibility index (Phi) is 6.60. The van der Waals surface area contributed by atoms with E-state index < -0.39 is 0 Å². The normalized spacial score (nSPS) is 18.7. The van der Waals surface area contributed by atoms with E-state index in [1.165, 1.54) is 16.7 Å². The number of carbonyl (C=O) groups excluding carboxylic acids is 2. The molecular formula is C21H27NO4S. The van der Waals surface area contributed by atoms with Crippen LogP contribution < -0.4 is 4.74 Å². The van der Waals surface area contributed by atoms with Gasteiger partial charge in [0.1, 0.15) is 5.75 Å². The maximum absolute atomic E-state index is 13.2. The number of nitrogens with zero attached hydrogens (tertiary/aromatic N) is 1. The molecule has 1 aromatic carbocycles. The predicted octanol–water partition coefficient (Wildman–Crippen LogP) is 3.61. The van der Waals surface area contributed by atoms with Crippen LogP contribution in [-0.2, 0) is 9.59 Å². The molecule has 1 aliphatic heterocycles. The first-order chi connectivity index (χ1) is 13.0. The summed E-state index contributed by atoms with van der Waals surface area (Å²) >= 11 is 1.27. The molecule has 1 saturated carbocycles. The molecule has 1 aliphatic carbocycles. The summed E-state index contributed by atoms with van der Waals surface area (Å²) in [5.74, 6) is 0.720. The summed E-state index contributed by atoms with van der Waals surface area (Å²) in [5.41, 5.74) is 1.18. The molecule has 0 unspecified atom stereocenters. The predicted molar refractivity (Wildman–Crippen MR) is 107 cm³/mol. The van der Waals surface area contributed by atoms with Crippen molar-refractivity contribution in [3.8, 4) is 5.75 Å². The van der Waals surface area contributed by atoms with E-state index in [0.29, 0.717) is 16.2 Å². The summed E-state index contributed by atoms with van der Waals surface area (Å²) < 4.78 is 5.67. The van der Waals surface area contributed by atoms with Gasteiger partial charge in [0.05, 0.1) is 23.2 Å². The number of carbonyl (C=O) groups is 2. The van der Waals surface area contributed by atoms with Gasteiger partial charge < -0.3 is 9.84 Å². The van der Waals surface area contributed by atoms with Crippen molar-refractivity contribution in [2.45, 2.75) is 58.1 Å². The lowest BCUT2D eigenvalue weighted by Gasteiger charge is -2.29. The van der Waals surface area contributed by atoms with E-state index in [4.69, 9.17) is 4.74 Å². The molecule has 6 heteroatoms. The smallest absolute Gasteiger partial charge is 0.268 e. The van der Waals surface area contributed by atoms with E-state index in [2.05, 4.69) is 0 Å². The molecule has 0 aromatic heterocycles. The van der Waals surface area contributed by atoms with E-state index in [-0.39, 0.29) is 30.6 Å². The zero-order valence-electron chi connectivity index (χ0n) is 15.9. The number of aliphatic hydroxyl groups is 1. The van der Waals surface area contributed by atoms with Crippen molar-refractivity contribution in [1.29, 1.82) is 0 Å². The van der Waals surface area contributed by atoms with Crippen LogP contribution >= 0.6 is 11.8 Å². The number of benzene rings is 1. The van der Waals surface area contributed by atoms with Gasteiger partial charge in [-0.1, -0.05) is 31.4 Å². The summed E-state index contributed by atoms with van der Waals surface area (Å²) in [6.45, 7) is 3.89. The quantitative estimate of drug-likeness (QED) is 0.722. The van der Waals surface area contributed by atoms with Crippen LogP contribution in [0.1, 0.15) is 51.5 Å². The van der Waals surface area contributed by atoms with Crippen molar-refractivity contribution >= 4 is 29.1 Å². The van der Waals surface area contributed by atoms with E-state index in [1.54, 1.807) is 0 Å². The fourth-order valence-corrected chi connectivity index (χ4v) is 4.57. The molecule has 5 nitrogen and oxygen atoms in total. The molecule has 2 aliphatic rings. The molecular weight excluding hydrogens is 362 g/mol. The molecule has 3 rings (SSSR count).